The van der Waals surface area contributed by atoms with Crippen molar-refractivity contribution in [3.05, 3.63) is 23.8 Å². The van der Waals surface area contributed by atoms with Gasteiger partial charge in [0.1, 0.15) is 12.0 Å². The third kappa shape index (κ3) is 3.44. The highest BCUT2D eigenvalue weighted by atomic mass is 32.2. The summed E-state index contributed by atoms with van der Waals surface area (Å²) in [5, 5.41) is 4.22. The van der Waals surface area contributed by atoms with E-state index in [-0.39, 0.29) is 11.8 Å². The number of hydrogen-bond donors (Lipinski definition) is 0. The van der Waals surface area contributed by atoms with Crippen LogP contribution in [0.1, 0.15) is 48.8 Å². The molecule has 0 N–H and O–H groups in total. The fraction of sp³-hybridized carbons (Fsp3) is 0.667. The van der Waals surface area contributed by atoms with Gasteiger partial charge in [-0.25, -0.2) is 9.50 Å². The fourth-order valence-electron chi connectivity index (χ4n) is 3.86. The molecule has 4 rings (SSSR count). The summed E-state index contributed by atoms with van der Waals surface area (Å²) in [6.45, 7) is 7.66. The second-order valence-electron chi connectivity index (χ2n) is 7.36. The molecule has 2 aliphatic rings. The van der Waals surface area contributed by atoms with Crippen molar-refractivity contribution in [1.82, 2.24) is 29.4 Å². The van der Waals surface area contributed by atoms with Gasteiger partial charge in [-0.1, -0.05) is 13.8 Å². The molecule has 0 aromatic carbocycles. The monoisotopic (exact) mass is 374 g/mol. The summed E-state index contributed by atoms with van der Waals surface area (Å²) in [5.74, 6) is 3.29. The van der Waals surface area contributed by atoms with Crippen molar-refractivity contribution in [1.29, 1.82) is 0 Å². The molecule has 1 amide bonds. The first-order valence-electron chi connectivity index (χ1n) is 9.45. The normalized spacial score (nSPS) is 20.2. The SMILES string of the molecule is CC(C)c1cc(C(=O)N2CCN(C3CCSCC3)CC2)nc2ncnn12. The lowest BCUT2D eigenvalue weighted by Gasteiger charge is -2.40. The zero-order chi connectivity index (χ0) is 18.1. The molecule has 0 bridgehead atoms. The van der Waals surface area contributed by atoms with Gasteiger partial charge in [0.25, 0.3) is 11.7 Å². The quantitative estimate of drug-likeness (QED) is 0.818. The first-order valence-corrected chi connectivity index (χ1v) is 10.6. The van der Waals surface area contributed by atoms with Crippen LogP contribution < -0.4 is 0 Å². The molecule has 2 aromatic rings. The van der Waals surface area contributed by atoms with Crippen LogP contribution in [-0.4, -0.2) is 79.0 Å². The minimum absolute atomic E-state index is 0.0104. The predicted octanol–water partition coefficient (Wildman–Crippen LogP) is 1.90. The van der Waals surface area contributed by atoms with Gasteiger partial charge in [0.2, 0.25) is 0 Å². The third-order valence-corrected chi connectivity index (χ3v) is 6.45. The van der Waals surface area contributed by atoms with Gasteiger partial charge in [-0.2, -0.15) is 21.8 Å². The van der Waals surface area contributed by atoms with E-state index >= 15 is 0 Å². The van der Waals surface area contributed by atoms with Crippen LogP contribution in [0.2, 0.25) is 0 Å². The van der Waals surface area contributed by atoms with E-state index in [0.29, 0.717) is 17.5 Å². The summed E-state index contributed by atoms with van der Waals surface area (Å²) in [7, 11) is 0. The van der Waals surface area contributed by atoms with Crippen LogP contribution in [0.15, 0.2) is 12.4 Å². The van der Waals surface area contributed by atoms with Gasteiger partial charge < -0.3 is 4.90 Å². The molecule has 0 atom stereocenters. The number of carbonyl (C=O) groups excluding carboxylic acids is 1. The number of fused-ring (bicyclic) bond motifs is 1. The van der Waals surface area contributed by atoms with Gasteiger partial charge in [0.05, 0.1) is 5.69 Å². The van der Waals surface area contributed by atoms with Crippen LogP contribution in [0, 0.1) is 0 Å². The molecular formula is C18H26N6OS. The molecule has 8 heteroatoms. The molecule has 26 heavy (non-hydrogen) atoms. The molecule has 140 valence electrons. The second kappa shape index (κ2) is 7.52. The van der Waals surface area contributed by atoms with Crippen molar-refractivity contribution in [2.75, 3.05) is 37.7 Å². The summed E-state index contributed by atoms with van der Waals surface area (Å²) >= 11 is 2.06. The van der Waals surface area contributed by atoms with Crippen molar-refractivity contribution < 1.29 is 4.79 Å². The van der Waals surface area contributed by atoms with Gasteiger partial charge in [0, 0.05) is 32.2 Å². The minimum atomic E-state index is 0.0104. The summed E-state index contributed by atoms with van der Waals surface area (Å²) in [4.78, 5) is 26.1. The maximum Gasteiger partial charge on any atom is 0.272 e. The average molecular weight is 375 g/mol. The number of aromatic nitrogens is 4. The van der Waals surface area contributed by atoms with Gasteiger partial charge in [-0.05, 0) is 36.3 Å². The van der Waals surface area contributed by atoms with Crippen LogP contribution in [-0.2, 0) is 0 Å². The molecule has 2 fully saturated rings. The third-order valence-electron chi connectivity index (χ3n) is 5.40. The molecule has 0 saturated carbocycles. The predicted molar refractivity (Wildman–Crippen MR) is 103 cm³/mol. The van der Waals surface area contributed by atoms with Crippen molar-refractivity contribution in [2.24, 2.45) is 0 Å². The largest absolute Gasteiger partial charge is 0.335 e. The van der Waals surface area contributed by atoms with Crippen LogP contribution in [0.3, 0.4) is 0 Å². The van der Waals surface area contributed by atoms with E-state index in [4.69, 9.17) is 0 Å². The van der Waals surface area contributed by atoms with E-state index in [1.165, 1.54) is 30.7 Å². The number of carbonyl (C=O) groups is 1. The van der Waals surface area contributed by atoms with Crippen LogP contribution in [0.25, 0.3) is 5.78 Å². The van der Waals surface area contributed by atoms with E-state index in [0.717, 1.165) is 31.9 Å². The van der Waals surface area contributed by atoms with Crippen molar-refractivity contribution >= 4 is 23.4 Å². The highest BCUT2D eigenvalue weighted by molar-refractivity contribution is 7.99. The Bertz CT molecular complexity index is 777. The molecular weight excluding hydrogens is 348 g/mol. The van der Waals surface area contributed by atoms with Gasteiger partial charge >= 0.3 is 0 Å². The molecule has 0 unspecified atom stereocenters. The lowest BCUT2D eigenvalue weighted by molar-refractivity contribution is 0.0554. The molecule has 0 aliphatic carbocycles. The highest BCUT2D eigenvalue weighted by Crippen LogP contribution is 2.23. The molecule has 0 radical (unpaired) electrons. The minimum Gasteiger partial charge on any atom is -0.335 e. The summed E-state index contributed by atoms with van der Waals surface area (Å²) < 4.78 is 1.72. The number of thioether (sulfide) groups is 1. The fourth-order valence-corrected chi connectivity index (χ4v) is 4.94. The van der Waals surface area contributed by atoms with E-state index in [1.807, 2.05) is 11.0 Å². The van der Waals surface area contributed by atoms with Crippen LogP contribution in [0.4, 0.5) is 0 Å². The zero-order valence-corrected chi connectivity index (χ0v) is 16.3. The molecule has 7 nitrogen and oxygen atoms in total. The van der Waals surface area contributed by atoms with Crippen LogP contribution >= 0.6 is 11.8 Å². The Hall–Kier alpha value is -1.67. The lowest BCUT2D eigenvalue weighted by Crippen LogP contribution is -2.52. The molecule has 2 aliphatic heterocycles. The Kier molecular flexibility index (Phi) is 5.13. The second-order valence-corrected chi connectivity index (χ2v) is 8.59. The number of piperazine rings is 1. The summed E-state index contributed by atoms with van der Waals surface area (Å²) in [6, 6.07) is 2.57. The van der Waals surface area contributed by atoms with Gasteiger partial charge in [-0.3, -0.25) is 9.69 Å². The maximum absolute atomic E-state index is 13.0. The van der Waals surface area contributed by atoms with Crippen molar-refractivity contribution in [3.63, 3.8) is 0 Å². The van der Waals surface area contributed by atoms with E-state index in [2.05, 4.69) is 45.6 Å². The molecule has 2 saturated heterocycles. The standard InChI is InChI=1S/C18H26N6OS/c1-13(2)16-11-15(21-18-19-12-20-24(16)18)17(25)23-7-5-22(6-8-23)14-3-9-26-10-4-14/h11-14H,3-10H2,1-2H3. The van der Waals surface area contributed by atoms with Crippen molar-refractivity contribution in [2.45, 2.75) is 38.6 Å². The first-order chi connectivity index (χ1) is 12.6. The van der Waals surface area contributed by atoms with Crippen LogP contribution in [0.5, 0.6) is 0 Å². The molecule has 4 heterocycles. The first kappa shape index (κ1) is 17.7. The van der Waals surface area contributed by atoms with Crippen molar-refractivity contribution in [3.8, 4) is 0 Å². The Morgan fingerprint density at radius 1 is 1.19 bits per heavy atom. The highest BCUT2D eigenvalue weighted by Gasteiger charge is 2.28. The lowest BCUT2D eigenvalue weighted by atomic mass is 10.1. The molecule has 0 spiro atoms. The topological polar surface area (TPSA) is 66.6 Å². The number of nitrogens with zero attached hydrogens (tertiary/aromatic N) is 6. The van der Waals surface area contributed by atoms with E-state index in [9.17, 15) is 4.79 Å². The summed E-state index contributed by atoms with van der Waals surface area (Å²) in [6.07, 6.45) is 4.05. The van der Waals surface area contributed by atoms with Gasteiger partial charge in [0.15, 0.2) is 0 Å². The number of rotatable bonds is 3. The zero-order valence-electron chi connectivity index (χ0n) is 15.5. The van der Waals surface area contributed by atoms with Gasteiger partial charge in [-0.15, -0.1) is 0 Å². The summed E-state index contributed by atoms with van der Waals surface area (Å²) in [5.41, 5.74) is 1.45. The number of hydrogen-bond acceptors (Lipinski definition) is 6. The Morgan fingerprint density at radius 3 is 2.62 bits per heavy atom. The Balaban J connectivity index is 1.47. The smallest absolute Gasteiger partial charge is 0.272 e. The van der Waals surface area contributed by atoms with E-state index in [1.54, 1.807) is 4.52 Å². The number of amides is 1. The Morgan fingerprint density at radius 2 is 1.92 bits per heavy atom. The van der Waals surface area contributed by atoms with E-state index < -0.39 is 0 Å². The molecule has 2 aromatic heterocycles. The Labute approximate surface area is 158 Å². The average Bonchev–Trinajstić information content (AvgIpc) is 3.16. The maximum atomic E-state index is 13.0.